The van der Waals surface area contributed by atoms with Crippen molar-refractivity contribution in [3.8, 4) is 0 Å². The highest BCUT2D eigenvalue weighted by Crippen LogP contribution is 2.17. The molecular formula is C13H13N3O5S. The van der Waals surface area contributed by atoms with E-state index in [1.54, 1.807) is 6.07 Å². The summed E-state index contributed by atoms with van der Waals surface area (Å²) in [5.41, 5.74) is 1.02. The summed E-state index contributed by atoms with van der Waals surface area (Å²) >= 11 is 0. The summed E-state index contributed by atoms with van der Waals surface area (Å²) in [4.78, 5) is 27.8. The molecule has 3 aromatic rings. The molecule has 0 spiro atoms. The first-order valence-corrected chi connectivity index (χ1v) is 7.93. The van der Waals surface area contributed by atoms with Gasteiger partial charge in [0.05, 0.1) is 26.5 Å². The lowest BCUT2D eigenvalue weighted by Crippen LogP contribution is -2.30. The fourth-order valence-electron chi connectivity index (χ4n) is 2.02. The fraction of sp³-hybridized carbons (Fsp3) is 0.154. The Hall–Kier alpha value is -2.52. The Bertz CT molecular complexity index is 1060. The Morgan fingerprint density at radius 3 is 2.32 bits per heavy atom. The lowest BCUT2D eigenvalue weighted by Gasteiger charge is -2.01. The quantitative estimate of drug-likeness (QED) is 0.246. The van der Waals surface area contributed by atoms with Crippen LogP contribution in [0, 0.1) is 0 Å². The highest BCUT2D eigenvalue weighted by Gasteiger charge is 2.09. The first kappa shape index (κ1) is 15.9. The molecule has 2 heterocycles. The van der Waals surface area contributed by atoms with Gasteiger partial charge in [0.15, 0.2) is 6.20 Å². The lowest BCUT2D eigenvalue weighted by atomic mass is 10.1. The molecule has 0 aliphatic heterocycles. The van der Waals surface area contributed by atoms with Crippen LogP contribution in [0.1, 0.15) is 0 Å². The van der Waals surface area contributed by atoms with E-state index in [1.807, 2.05) is 36.0 Å². The van der Waals surface area contributed by atoms with Crippen molar-refractivity contribution < 1.29 is 17.5 Å². The highest BCUT2D eigenvalue weighted by atomic mass is 32.2. The van der Waals surface area contributed by atoms with Crippen LogP contribution >= 0.6 is 0 Å². The Balaban J connectivity index is 0.000000309. The van der Waals surface area contributed by atoms with Gasteiger partial charge in [-0.05, 0) is 12.1 Å². The summed E-state index contributed by atoms with van der Waals surface area (Å²) in [6.07, 6.45) is 2.53. The van der Waals surface area contributed by atoms with Gasteiger partial charge in [0.2, 0.25) is 5.52 Å². The minimum Gasteiger partial charge on any atom is -0.748 e. The van der Waals surface area contributed by atoms with E-state index in [4.69, 9.17) is 13.0 Å². The molecule has 2 N–H and O–H groups in total. The second-order valence-electron chi connectivity index (χ2n) is 4.65. The minimum atomic E-state index is -3.92. The predicted octanol–water partition coefficient (Wildman–Crippen LogP) is -0.644. The van der Waals surface area contributed by atoms with Gasteiger partial charge in [0.25, 0.3) is 0 Å². The highest BCUT2D eigenvalue weighted by molar-refractivity contribution is 7.84. The van der Waals surface area contributed by atoms with Crippen LogP contribution in [0.3, 0.4) is 0 Å². The van der Waals surface area contributed by atoms with Crippen molar-refractivity contribution in [1.82, 2.24) is 9.97 Å². The SMILES string of the molecule is CS(=O)(=O)[O-].C[n+]1cccc2c3[nH]c(=O)c(=O)[nH]c3ccc21. The molecule has 22 heavy (non-hydrogen) atoms. The Labute approximate surface area is 124 Å². The van der Waals surface area contributed by atoms with Gasteiger partial charge in [-0.3, -0.25) is 9.59 Å². The Morgan fingerprint density at radius 2 is 1.68 bits per heavy atom. The number of rotatable bonds is 0. The van der Waals surface area contributed by atoms with Crippen LogP contribution in [0.4, 0.5) is 0 Å². The van der Waals surface area contributed by atoms with E-state index in [9.17, 15) is 9.59 Å². The van der Waals surface area contributed by atoms with Crippen LogP contribution in [0.25, 0.3) is 21.9 Å². The molecule has 0 amide bonds. The van der Waals surface area contributed by atoms with Gasteiger partial charge in [0, 0.05) is 18.4 Å². The normalized spacial score (nSPS) is 11.2. The van der Waals surface area contributed by atoms with Crippen molar-refractivity contribution in [3.05, 3.63) is 51.2 Å². The maximum Gasteiger partial charge on any atom is 0.314 e. The van der Waals surface area contributed by atoms with Gasteiger partial charge in [-0.2, -0.15) is 0 Å². The number of aryl methyl sites for hydroxylation is 1. The van der Waals surface area contributed by atoms with Gasteiger partial charge >= 0.3 is 11.1 Å². The van der Waals surface area contributed by atoms with Gasteiger partial charge < -0.3 is 14.5 Å². The Kier molecular flexibility index (Phi) is 4.11. The molecule has 0 radical (unpaired) electrons. The van der Waals surface area contributed by atoms with Crippen molar-refractivity contribution in [2.24, 2.45) is 7.05 Å². The molecule has 0 aliphatic rings. The number of aromatic amines is 2. The monoisotopic (exact) mass is 323 g/mol. The van der Waals surface area contributed by atoms with E-state index in [0.29, 0.717) is 17.3 Å². The van der Waals surface area contributed by atoms with Gasteiger partial charge in [0.1, 0.15) is 7.05 Å². The predicted molar refractivity (Wildman–Crippen MR) is 79.5 cm³/mol. The zero-order chi connectivity index (χ0) is 16.5. The molecule has 0 aliphatic carbocycles. The number of hydrogen-bond donors (Lipinski definition) is 2. The molecule has 1 aromatic carbocycles. The van der Waals surface area contributed by atoms with Gasteiger partial charge in [-0.15, -0.1) is 0 Å². The number of nitrogens with one attached hydrogen (secondary N) is 2. The molecule has 0 saturated heterocycles. The van der Waals surface area contributed by atoms with Crippen molar-refractivity contribution in [2.75, 3.05) is 6.26 Å². The molecule has 116 valence electrons. The zero-order valence-corrected chi connectivity index (χ0v) is 12.6. The topological polar surface area (TPSA) is 127 Å². The van der Waals surface area contributed by atoms with Crippen LogP contribution in [0.5, 0.6) is 0 Å². The summed E-state index contributed by atoms with van der Waals surface area (Å²) in [5, 5.41) is 0.904. The van der Waals surface area contributed by atoms with Gasteiger partial charge in [-0.1, -0.05) is 0 Å². The molecule has 0 saturated carbocycles. The largest absolute Gasteiger partial charge is 0.748 e. The van der Waals surface area contributed by atoms with Crippen LogP contribution < -0.4 is 15.7 Å². The molecule has 0 fully saturated rings. The van der Waals surface area contributed by atoms with Gasteiger partial charge in [-0.25, -0.2) is 13.0 Å². The van der Waals surface area contributed by atoms with Crippen molar-refractivity contribution in [3.63, 3.8) is 0 Å². The zero-order valence-electron chi connectivity index (χ0n) is 11.8. The number of hydrogen-bond acceptors (Lipinski definition) is 5. The van der Waals surface area contributed by atoms with Crippen LogP contribution in [-0.2, 0) is 17.2 Å². The third-order valence-corrected chi connectivity index (χ3v) is 2.87. The molecule has 2 aromatic heterocycles. The third-order valence-electron chi connectivity index (χ3n) is 2.87. The summed E-state index contributed by atoms with van der Waals surface area (Å²) in [6, 6.07) is 7.50. The summed E-state index contributed by atoms with van der Waals surface area (Å²) in [5.74, 6) is 0. The third kappa shape index (κ3) is 3.57. The van der Waals surface area contributed by atoms with Crippen LogP contribution in [0.15, 0.2) is 40.1 Å². The van der Waals surface area contributed by atoms with Crippen molar-refractivity contribution >= 4 is 32.1 Å². The average molecular weight is 323 g/mol. The summed E-state index contributed by atoms with van der Waals surface area (Å²) in [6.45, 7) is 0. The van der Waals surface area contributed by atoms with Crippen LogP contribution in [-0.4, -0.2) is 29.2 Å². The minimum absolute atomic E-state index is 0.604. The van der Waals surface area contributed by atoms with E-state index in [-0.39, 0.29) is 0 Å². The molecule has 9 heteroatoms. The molecule has 0 atom stereocenters. The first-order valence-electron chi connectivity index (χ1n) is 6.11. The van der Waals surface area contributed by atoms with E-state index in [0.717, 1.165) is 10.9 Å². The molecule has 3 rings (SSSR count). The van der Waals surface area contributed by atoms with E-state index < -0.39 is 21.2 Å². The standard InChI is InChI=1S/C12H9N3O2.CH4O3S/c1-15-6-2-3-7-9(15)5-4-8-10(7)14-12(17)11(16)13-8;1-5(2,3)4/h2-6H,1H3,(H,13,16);1H3,(H,2,3,4). The molecular weight excluding hydrogens is 310 g/mol. The molecule has 0 bridgehead atoms. The summed E-state index contributed by atoms with van der Waals surface area (Å²) in [7, 11) is -1.99. The maximum atomic E-state index is 11.4. The summed E-state index contributed by atoms with van der Waals surface area (Å²) < 4.78 is 29.2. The smallest absolute Gasteiger partial charge is 0.314 e. The van der Waals surface area contributed by atoms with E-state index in [1.165, 1.54) is 0 Å². The average Bonchev–Trinajstić information content (AvgIpc) is 2.39. The van der Waals surface area contributed by atoms with E-state index >= 15 is 0 Å². The molecule has 8 nitrogen and oxygen atoms in total. The Morgan fingerprint density at radius 1 is 1.09 bits per heavy atom. The number of nitrogens with zero attached hydrogens (tertiary/aromatic N) is 1. The van der Waals surface area contributed by atoms with E-state index in [2.05, 4.69) is 9.97 Å². The number of H-pyrrole nitrogens is 2. The number of aromatic nitrogens is 3. The van der Waals surface area contributed by atoms with Crippen molar-refractivity contribution in [2.45, 2.75) is 0 Å². The number of pyridine rings is 1. The fourth-order valence-corrected chi connectivity index (χ4v) is 2.02. The number of fused-ring (bicyclic) bond motifs is 3. The lowest BCUT2D eigenvalue weighted by molar-refractivity contribution is -0.644. The maximum absolute atomic E-state index is 11.4. The van der Waals surface area contributed by atoms with Crippen molar-refractivity contribution in [1.29, 1.82) is 0 Å². The number of benzene rings is 1. The first-order chi connectivity index (χ1) is 10.2. The second-order valence-corrected chi connectivity index (χ2v) is 6.06. The molecule has 0 unspecified atom stereocenters. The van der Waals surface area contributed by atoms with Crippen LogP contribution in [0.2, 0.25) is 0 Å². The second kappa shape index (κ2) is 5.70.